The van der Waals surface area contributed by atoms with Gasteiger partial charge < -0.3 is 14.8 Å². The van der Waals surface area contributed by atoms with E-state index in [1.807, 2.05) is 32.0 Å². The Morgan fingerprint density at radius 2 is 1.61 bits per heavy atom. The highest BCUT2D eigenvalue weighted by Gasteiger charge is 2.26. The van der Waals surface area contributed by atoms with Crippen LogP contribution in [0.2, 0.25) is 0 Å². The molecule has 2 aromatic carbocycles. The Morgan fingerprint density at radius 1 is 0.964 bits per heavy atom. The number of urea groups is 1. The van der Waals surface area contributed by atoms with E-state index >= 15 is 0 Å². The maximum absolute atomic E-state index is 12.5. The molecule has 3 amide bonds. The van der Waals surface area contributed by atoms with Gasteiger partial charge in [-0.05, 0) is 31.9 Å². The molecule has 28 heavy (non-hydrogen) atoms. The molecule has 2 rings (SSSR count). The molecule has 148 valence electrons. The summed E-state index contributed by atoms with van der Waals surface area (Å²) >= 11 is 0. The normalized spacial score (nSPS) is 11.2. The molecule has 0 aliphatic rings. The third kappa shape index (κ3) is 5.84. The summed E-state index contributed by atoms with van der Waals surface area (Å²) in [5, 5.41) is 4.63. The molecule has 0 radical (unpaired) electrons. The SMILES string of the molecule is CCNC(=O)NC(=O)[C@H](OC(=O)COc1c(C)cccc1C)c1ccccc1. The summed E-state index contributed by atoms with van der Waals surface area (Å²) in [7, 11) is 0. The smallest absolute Gasteiger partial charge is 0.345 e. The van der Waals surface area contributed by atoms with Gasteiger partial charge in [0.1, 0.15) is 5.75 Å². The average molecular weight is 384 g/mol. The summed E-state index contributed by atoms with van der Waals surface area (Å²) in [6.07, 6.45) is -1.27. The number of hydrogen-bond acceptors (Lipinski definition) is 5. The molecular weight excluding hydrogens is 360 g/mol. The zero-order valence-corrected chi connectivity index (χ0v) is 16.2. The van der Waals surface area contributed by atoms with Crippen LogP contribution in [0.1, 0.15) is 29.7 Å². The summed E-state index contributed by atoms with van der Waals surface area (Å²) in [6.45, 7) is 5.48. The van der Waals surface area contributed by atoms with E-state index in [-0.39, 0.29) is 6.61 Å². The van der Waals surface area contributed by atoms with Crippen molar-refractivity contribution in [2.45, 2.75) is 26.9 Å². The van der Waals surface area contributed by atoms with Crippen molar-refractivity contribution in [3.63, 3.8) is 0 Å². The van der Waals surface area contributed by atoms with Crippen LogP contribution in [0, 0.1) is 13.8 Å². The van der Waals surface area contributed by atoms with Gasteiger partial charge in [-0.3, -0.25) is 10.1 Å². The first kappa shape index (κ1) is 21.0. The summed E-state index contributed by atoms with van der Waals surface area (Å²) in [4.78, 5) is 36.4. The fourth-order valence-corrected chi connectivity index (χ4v) is 2.61. The zero-order valence-electron chi connectivity index (χ0n) is 16.2. The molecule has 0 fully saturated rings. The van der Waals surface area contributed by atoms with Crippen LogP contribution in [-0.2, 0) is 14.3 Å². The lowest BCUT2D eigenvalue weighted by atomic mass is 10.1. The minimum Gasteiger partial charge on any atom is -0.481 e. The second kappa shape index (κ2) is 10.1. The van der Waals surface area contributed by atoms with Gasteiger partial charge in [0.25, 0.3) is 5.91 Å². The topological polar surface area (TPSA) is 93.7 Å². The van der Waals surface area contributed by atoms with Crippen molar-refractivity contribution in [3.05, 3.63) is 65.2 Å². The molecular formula is C21H24N2O5. The molecule has 0 unspecified atom stereocenters. The molecule has 0 aliphatic heterocycles. The van der Waals surface area contributed by atoms with E-state index in [1.165, 1.54) is 0 Å². The number of carbonyl (C=O) groups is 3. The number of imide groups is 1. The summed E-state index contributed by atoms with van der Waals surface area (Å²) in [6, 6.07) is 13.5. The largest absolute Gasteiger partial charge is 0.481 e. The van der Waals surface area contributed by atoms with Gasteiger partial charge in [-0.1, -0.05) is 48.5 Å². The first-order chi connectivity index (χ1) is 13.4. The molecule has 2 N–H and O–H groups in total. The van der Waals surface area contributed by atoms with Crippen molar-refractivity contribution in [1.82, 2.24) is 10.6 Å². The molecule has 7 nitrogen and oxygen atoms in total. The molecule has 2 aromatic rings. The van der Waals surface area contributed by atoms with Gasteiger partial charge in [-0.2, -0.15) is 0 Å². The van der Waals surface area contributed by atoms with Crippen molar-refractivity contribution in [2.75, 3.05) is 13.2 Å². The Bertz CT molecular complexity index is 816. The lowest BCUT2D eigenvalue weighted by Crippen LogP contribution is -2.42. The lowest BCUT2D eigenvalue weighted by molar-refractivity contribution is -0.158. The Labute approximate surface area is 164 Å². The van der Waals surface area contributed by atoms with E-state index < -0.39 is 24.0 Å². The van der Waals surface area contributed by atoms with Crippen LogP contribution in [0.15, 0.2) is 48.5 Å². The maximum atomic E-state index is 12.5. The van der Waals surface area contributed by atoms with Crippen molar-refractivity contribution in [1.29, 1.82) is 0 Å². The van der Waals surface area contributed by atoms with Gasteiger partial charge in [-0.25, -0.2) is 9.59 Å². The first-order valence-electron chi connectivity index (χ1n) is 8.94. The lowest BCUT2D eigenvalue weighted by Gasteiger charge is -2.18. The van der Waals surface area contributed by atoms with Gasteiger partial charge in [0, 0.05) is 12.1 Å². The van der Waals surface area contributed by atoms with Crippen LogP contribution >= 0.6 is 0 Å². The predicted molar refractivity (Wildman–Crippen MR) is 104 cm³/mol. The average Bonchev–Trinajstić information content (AvgIpc) is 2.66. The number of amides is 3. The quantitative estimate of drug-likeness (QED) is 0.716. The third-order valence-corrected chi connectivity index (χ3v) is 3.91. The number of para-hydroxylation sites is 1. The van der Waals surface area contributed by atoms with E-state index in [0.29, 0.717) is 17.9 Å². The van der Waals surface area contributed by atoms with E-state index in [4.69, 9.17) is 9.47 Å². The van der Waals surface area contributed by atoms with Crippen LogP contribution in [0.5, 0.6) is 5.75 Å². The summed E-state index contributed by atoms with van der Waals surface area (Å²) in [5.74, 6) is -0.859. The van der Waals surface area contributed by atoms with Gasteiger partial charge in [0.2, 0.25) is 6.10 Å². The van der Waals surface area contributed by atoms with Crippen LogP contribution < -0.4 is 15.4 Å². The van der Waals surface area contributed by atoms with E-state index in [2.05, 4.69) is 10.6 Å². The number of carbonyl (C=O) groups excluding carboxylic acids is 3. The zero-order chi connectivity index (χ0) is 20.5. The number of esters is 1. The Morgan fingerprint density at radius 3 is 2.21 bits per heavy atom. The molecule has 0 spiro atoms. The van der Waals surface area contributed by atoms with Gasteiger partial charge in [0.15, 0.2) is 6.61 Å². The first-order valence-corrected chi connectivity index (χ1v) is 8.94. The number of nitrogens with one attached hydrogen (secondary N) is 2. The highest BCUT2D eigenvalue weighted by molar-refractivity contribution is 5.97. The number of aryl methyl sites for hydroxylation is 2. The highest BCUT2D eigenvalue weighted by Crippen LogP contribution is 2.23. The minimum absolute atomic E-state index is 0.358. The fourth-order valence-electron chi connectivity index (χ4n) is 2.61. The summed E-state index contributed by atoms with van der Waals surface area (Å²) < 4.78 is 10.9. The van der Waals surface area contributed by atoms with Crippen molar-refractivity contribution in [2.24, 2.45) is 0 Å². The monoisotopic (exact) mass is 384 g/mol. The van der Waals surface area contributed by atoms with Gasteiger partial charge in [0.05, 0.1) is 0 Å². The van der Waals surface area contributed by atoms with Crippen LogP contribution in [0.25, 0.3) is 0 Å². The molecule has 0 aromatic heterocycles. The number of hydrogen-bond donors (Lipinski definition) is 2. The number of ether oxygens (including phenoxy) is 2. The van der Waals surface area contributed by atoms with Crippen molar-refractivity contribution in [3.8, 4) is 5.75 Å². The van der Waals surface area contributed by atoms with E-state index in [0.717, 1.165) is 11.1 Å². The molecule has 0 bridgehead atoms. The Kier molecular flexibility index (Phi) is 7.56. The van der Waals surface area contributed by atoms with Crippen LogP contribution in [0.4, 0.5) is 4.79 Å². The molecule has 0 heterocycles. The van der Waals surface area contributed by atoms with Crippen LogP contribution in [-0.4, -0.2) is 31.1 Å². The molecule has 7 heteroatoms. The third-order valence-electron chi connectivity index (χ3n) is 3.91. The second-order valence-corrected chi connectivity index (χ2v) is 6.14. The van der Waals surface area contributed by atoms with Crippen molar-refractivity contribution < 1.29 is 23.9 Å². The number of benzene rings is 2. The highest BCUT2D eigenvalue weighted by atomic mass is 16.6. The molecule has 0 aliphatic carbocycles. The Hall–Kier alpha value is -3.35. The standard InChI is InChI=1S/C21H24N2O5/c1-4-22-21(26)23-20(25)19(16-11-6-5-7-12-16)28-17(24)13-27-18-14(2)9-8-10-15(18)3/h5-12,19H,4,13H2,1-3H3,(H2,22,23,25,26)/t19-/m1/s1. The van der Waals surface area contributed by atoms with Gasteiger partial charge >= 0.3 is 12.0 Å². The van der Waals surface area contributed by atoms with E-state index in [1.54, 1.807) is 37.3 Å². The Balaban J connectivity index is 2.08. The molecule has 0 saturated carbocycles. The minimum atomic E-state index is -1.27. The molecule has 1 atom stereocenters. The number of rotatable bonds is 7. The van der Waals surface area contributed by atoms with Crippen molar-refractivity contribution >= 4 is 17.9 Å². The van der Waals surface area contributed by atoms with E-state index in [9.17, 15) is 14.4 Å². The molecule has 0 saturated heterocycles. The second-order valence-electron chi connectivity index (χ2n) is 6.14. The van der Waals surface area contributed by atoms with Gasteiger partial charge in [-0.15, -0.1) is 0 Å². The summed E-state index contributed by atoms with van der Waals surface area (Å²) in [5.41, 5.74) is 2.23. The maximum Gasteiger partial charge on any atom is 0.345 e. The fraction of sp³-hybridized carbons (Fsp3) is 0.286. The predicted octanol–water partition coefficient (Wildman–Crippen LogP) is 2.81. The van der Waals surface area contributed by atoms with Crippen LogP contribution in [0.3, 0.4) is 0 Å².